The van der Waals surface area contributed by atoms with Crippen LogP contribution in [0.1, 0.15) is 5.56 Å². The molecule has 0 saturated carbocycles. The molecule has 2 aromatic carbocycles. The van der Waals surface area contributed by atoms with Gasteiger partial charge in [0.1, 0.15) is 5.75 Å². The average Bonchev–Trinajstić information content (AvgIpc) is 2.61. The fourth-order valence-electron chi connectivity index (χ4n) is 2.02. The Morgan fingerprint density at radius 3 is 2.28 bits per heavy atom. The summed E-state index contributed by atoms with van der Waals surface area (Å²) in [5.74, 6) is 0.408. The number of ether oxygens (including phenoxy) is 1. The third-order valence-electron chi connectivity index (χ3n) is 3.24. The number of rotatable bonds is 5. The van der Waals surface area contributed by atoms with Gasteiger partial charge in [0, 0.05) is 34.5 Å². The molecule has 3 amide bonds. The van der Waals surface area contributed by atoms with Crippen LogP contribution in [-0.2, 0) is 4.79 Å². The van der Waals surface area contributed by atoms with Crippen LogP contribution in [0.2, 0.25) is 0 Å². The highest BCUT2D eigenvalue weighted by atomic mass is 79.9. The normalized spacial score (nSPS) is 10.4. The maximum absolute atomic E-state index is 12.0. The lowest BCUT2D eigenvalue weighted by molar-refractivity contribution is -0.111. The lowest BCUT2D eigenvalue weighted by Crippen LogP contribution is -2.24. The maximum Gasteiger partial charge on any atom is 0.318 e. The summed E-state index contributed by atoms with van der Waals surface area (Å²) in [7, 11) is 3.12. The van der Waals surface area contributed by atoms with Crippen LogP contribution in [-0.4, -0.2) is 26.1 Å². The van der Waals surface area contributed by atoms with Crippen molar-refractivity contribution in [2.24, 2.45) is 0 Å². The Hall–Kier alpha value is -2.80. The molecule has 0 aliphatic heterocycles. The molecule has 0 aliphatic rings. The number of anilines is 2. The van der Waals surface area contributed by atoms with Crippen LogP contribution in [0.3, 0.4) is 0 Å². The number of halogens is 1. The fourth-order valence-corrected chi connectivity index (χ4v) is 2.39. The number of hydrogen-bond acceptors (Lipinski definition) is 3. The highest BCUT2D eigenvalue weighted by molar-refractivity contribution is 9.10. The third kappa shape index (κ3) is 5.65. The smallest absolute Gasteiger partial charge is 0.318 e. The van der Waals surface area contributed by atoms with E-state index in [2.05, 4.69) is 31.9 Å². The van der Waals surface area contributed by atoms with Crippen molar-refractivity contribution in [1.29, 1.82) is 0 Å². The number of amides is 3. The standard InChI is InChI=1S/C18H18BrN3O3/c1-20-18(24)22-15-7-5-14(6-8-15)21-17(23)10-3-12-11-13(19)4-9-16(12)25-2/h3-11H,1-2H3,(H,21,23)(H2,20,22,24)/b10-3+. The Bertz CT molecular complexity index is 789. The van der Waals surface area contributed by atoms with E-state index in [0.717, 1.165) is 10.0 Å². The van der Waals surface area contributed by atoms with Crippen molar-refractivity contribution >= 4 is 45.3 Å². The maximum atomic E-state index is 12.0. The minimum Gasteiger partial charge on any atom is -0.496 e. The van der Waals surface area contributed by atoms with Crippen molar-refractivity contribution in [3.05, 3.63) is 58.6 Å². The van der Waals surface area contributed by atoms with Gasteiger partial charge in [0.15, 0.2) is 0 Å². The summed E-state index contributed by atoms with van der Waals surface area (Å²) in [6, 6.07) is 12.1. The average molecular weight is 404 g/mol. The number of benzene rings is 2. The minimum atomic E-state index is -0.303. The van der Waals surface area contributed by atoms with E-state index in [-0.39, 0.29) is 11.9 Å². The molecule has 7 heteroatoms. The molecule has 0 aromatic heterocycles. The number of carbonyl (C=O) groups is 2. The van der Waals surface area contributed by atoms with Gasteiger partial charge in [-0.15, -0.1) is 0 Å². The first-order chi connectivity index (χ1) is 12.0. The van der Waals surface area contributed by atoms with Crippen molar-refractivity contribution in [1.82, 2.24) is 5.32 Å². The predicted molar refractivity (Wildman–Crippen MR) is 103 cm³/mol. The van der Waals surface area contributed by atoms with E-state index in [1.165, 1.54) is 13.1 Å². The second-order valence-electron chi connectivity index (χ2n) is 4.99. The van der Waals surface area contributed by atoms with E-state index >= 15 is 0 Å². The van der Waals surface area contributed by atoms with Crippen LogP contribution in [0.4, 0.5) is 16.2 Å². The number of nitrogens with one attached hydrogen (secondary N) is 3. The molecule has 0 heterocycles. The summed E-state index contributed by atoms with van der Waals surface area (Å²) in [6.07, 6.45) is 3.11. The number of methoxy groups -OCH3 is 1. The summed E-state index contributed by atoms with van der Waals surface area (Å²) < 4.78 is 6.16. The van der Waals surface area contributed by atoms with Crippen LogP contribution >= 0.6 is 15.9 Å². The number of carbonyl (C=O) groups excluding carboxylic acids is 2. The first-order valence-corrected chi connectivity index (χ1v) is 8.22. The number of hydrogen-bond donors (Lipinski definition) is 3. The zero-order valence-electron chi connectivity index (χ0n) is 13.8. The minimum absolute atomic E-state index is 0.269. The number of urea groups is 1. The highest BCUT2D eigenvalue weighted by Gasteiger charge is 2.03. The molecule has 130 valence electrons. The van der Waals surface area contributed by atoms with Crippen LogP contribution in [0.15, 0.2) is 53.0 Å². The van der Waals surface area contributed by atoms with Crippen molar-refractivity contribution in [3.63, 3.8) is 0 Å². The molecule has 6 nitrogen and oxygen atoms in total. The van der Waals surface area contributed by atoms with Gasteiger partial charge in [0.05, 0.1) is 7.11 Å². The molecule has 3 N–H and O–H groups in total. The predicted octanol–water partition coefficient (Wildman–Crippen LogP) is 3.86. The lowest BCUT2D eigenvalue weighted by atomic mass is 10.2. The van der Waals surface area contributed by atoms with E-state index < -0.39 is 0 Å². The van der Waals surface area contributed by atoms with E-state index in [9.17, 15) is 9.59 Å². The molecule has 0 saturated heterocycles. The molecule has 0 unspecified atom stereocenters. The van der Waals surface area contributed by atoms with Crippen LogP contribution < -0.4 is 20.7 Å². The fraction of sp³-hybridized carbons (Fsp3) is 0.111. The first kappa shape index (κ1) is 18.5. The van der Waals surface area contributed by atoms with Gasteiger partial charge in [-0.25, -0.2) is 4.79 Å². The molecular formula is C18H18BrN3O3. The summed E-state index contributed by atoms with van der Waals surface area (Å²) in [6.45, 7) is 0. The Labute approximate surface area is 154 Å². The van der Waals surface area contributed by atoms with E-state index in [1.807, 2.05) is 18.2 Å². The second kappa shape index (κ2) is 8.89. The van der Waals surface area contributed by atoms with E-state index in [0.29, 0.717) is 17.1 Å². The third-order valence-corrected chi connectivity index (χ3v) is 3.74. The molecule has 0 radical (unpaired) electrons. The monoisotopic (exact) mass is 403 g/mol. The molecule has 0 aliphatic carbocycles. The Kier molecular flexibility index (Phi) is 6.59. The molecule has 0 spiro atoms. The van der Waals surface area contributed by atoms with Gasteiger partial charge in [-0.05, 0) is 48.5 Å². The summed E-state index contributed by atoms with van der Waals surface area (Å²) in [5, 5.41) is 7.86. The Morgan fingerprint density at radius 2 is 1.68 bits per heavy atom. The van der Waals surface area contributed by atoms with Gasteiger partial charge in [-0.1, -0.05) is 15.9 Å². The molecule has 25 heavy (non-hydrogen) atoms. The highest BCUT2D eigenvalue weighted by Crippen LogP contribution is 2.24. The SMILES string of the molecule is CNC(=O)Nc1ccc(NC(=O)/C=C/c2cc(Br)ccc2OC)cc1. The summed E-state index contributed by atoms with van der Waals surface area (Å²) in [5.41, 5.74) is 2.04. The molecule has 0 fully saturated rings. The van der Waals surface area contributed by atoms with Crippen molar-refractivity contribution in [2.45, 2.75) is 0 Å². The van der Waals surface area contributed by atoms with Gasteiger partial charge in [0.2, 0.25) is 5.91 Å². The molecular weight excluding hydrogens is 386 g/mol. The lowest BCUT2D eigenvalue weighted by Gasteiger charge is -2.07. The zero-order chi connectivity index (χ0) is 18.2. The quantitative estimate of drug-likeness (QED) is 0.663. The van der Waals surface area contributed by atoms with Gasteiger partial charge in [-0.3, -0.25) is 4.79 Å². The molecule has 0 bridgehead atoms. The Balaban J connectivity index is 2.00. The van der Waals surface area contributed by atoms with E-state index in [1.54, 1.807) is 37.5 Å². The van der Waals surface area contributed by atoms with Crippen LogP contribution in [0.5, 0.6) is 5.75 Å². The van der Waals surface area contributed by atoms with Gasteiger partial charge in [-0.2, -0.15) is 0 Å². The van der Waals surface area contributed by atoms with E-state index in [4.69, 9.17) is 4.74 Å². The van der Waals surface area contributed by atoms with Gasteiger partial charge in [0.25, 0.3) is 0 Å². The van der Waals surface area contributed by atoms with Crippen molar-refractivity contribution in [3.8, 4) is 5.75 Å². The van der Waals surface area contributed by atoms with Gasteiger partial charge >= 0.3 is 6.03 Å². The first-order valence-electron chi connectivity index (χ1n) is 7.43. The molecule has 0 atom stereocenters. The summed E-state index contributed by atoms with van der Waals surface area (Å²) in [4.78, 5) is 23.3. The molecule has 2 aromatic rings. The Morgan fingerprint density at radius 1 is 1.04 bits per heavy atom. The zero-order valence-corrected chi connectivity index (χ0v) is 15.4. The van der Waals surface area contributed by atoms with Crippen molar-refractivity contribution in [2.75, 3.05) is 24.8 Å². The van der Waals surface area contributed by atoms with Crippen molar-refractivity contribution < 1.29 is 14.3 Å². The van der Waals surface area contributed by atoms with Crippen LogP contribution in [0.25, 0.3) is 6.08 Å². The molecule has 2 rings (SSSR count). The summed E-state index contributed by atoms with van der Waals surface area (Å²) >= 11 is 3.39. The largest absolute Gasteiger partial charge is 0.496 e. The van der Waals surface area contributed by atoms with Crippen LogP contribution in [0, 0.1) is 0 Å². The van der Waals surface area contributed by atoms with Gasteiger partial charge < -0.3 is 20.7 Å². The second-order valence-corrected chi connectivity index (χ2v) is 5.91. The topological polar surface area (TPSA) is 79.5 Å².